The molecule has 46 heavy (non-hydrogen) atoms. The summed E-state index contributed by atoms with van der Waals surface area (Å²) in [5, 5.41) is 8.38. The van der Waals surface area contributed by atoms with Crippen molar-refractivity contribution in [1.82, 2.24) is 20.1 Å². The van der Waals surface area contributed by atoms with Gasteiger partial charge in [0, 0.05) is 16.6 Å². The number of alkyl halides is 3. The van der Waals surface area contributed by atoms with Crippen LogP contribution in [-0.4, -0.2) is 49.6 Å². The summed E-state index contributed by atoms with van der Waals surface area (Å²) >= 11 is 10.4. The lowest BCUT2D eigenvalue weighted by Crippen LogP contribution is -2.32. The van der Waals surface area contributed by atoms with Crippen molar-refractivity contribution in [1.29, 1.82) is 0 Å². The van der Waals surface area contributed by atoms with E-state index in [-0.39, 0.29) is 22.7 Å². The standard InChI is InChI=1S/C32H28BrF3N6O2S2/c1-19(2)26-13-4-20(3)14-27(26)42-28(43)17-46-31(42)39-30(45)37-16-23(33)15-21-5-7-22(8-6-21)29-38-18-41(40-29)24-9-11-25(12-10-24)44-32(34,35)36/h4-15,18-19H,16-17H2,1-3H3,(H,37,45)/b23-15+,39-31-. The summed E-state index contributed by atoms with van der Waals surface area (Å²) in [6.45, 7) is 6.58. The predicted octanol–water partition coefficient (Wildman–Crippen LogP) is 8.01. The van der Waals surface area contributed by atoms with Crippen molar-refractivity contribution < 1.29 is 22.7 Å². The van der Waals surface area contributed by atoms with Gasteiger partial charge in [-0.25, -0.2) is 9.67 Å². The molecule has 4 aromatic rings. The highest BCUT2D eigenvalue weighted by molar-refractivity contribution is 9.11. The Morgan fingerprint density at radius 2 is 1.87 bits per heavy atom. The van der Waals surface area contributed by atoms with E-state index in [2.05, 4.69) is 61.0 Å². The summed E-state index contributed by atoms with van der Waals surface area (Å²) in [6.07, 6.45) is -1.33. The van der Waals surface area contributed by atoms with Crippen LogP contribution in [0.2, 0.25) is 0 Å². The average molecular weight is 730 g/mol. The van der Waals surface area contributed by atoms with Crippen LogP contribution in [0.4, 0.5) is 18.9 Å². The fraction of sp³-hybridized carbons (Fsp3) is 0.219. The number of hydrogen-bond donors (Lipinski definition) is 1. The van der Waals surface area contributed by atoms with E-state index in [1.165, 1.54) is 47.0 Å². The van der Waals surface area contributed by atoms with E-state index in [4.69, 9.17) is 12.2 Å². The molecule has 1 saturated heterocycles. The first-order valence-corrected chi connectivity index (χ1v) is 16.2. The van der Waals surface area contributed by atoms with Gasteiger partial charge < -0.3 is 10.1 Å². The third-order valence-corrected chi connectivity index (χ3v) is 8.41. The quantitative estimate of drug-likeness (QED) is 0.184. The Hall–Kier alpha value is -4.01. The zero-order chi connectivity index (χ0) is 33.0. The van der Waals surface area contributed by atoms with E-state index >= 15 is 0 Å². The summed E-state index contributed by atoms with van der Waals surface area (Å²) in [5.41, 5.74) is 5.19. The third kappa shape index (κ3) is 8.42. The number of nitrogens with zero attached hydrogens (tertiary/aromatic N) is 5. The van der Waals surface area contributed by atoms with Crippen molar-refractivity contribution in [3.63, 3.8) is 0 Å². The Bertz CT molecular complexity index is 1810. The van der Waals surface area contributed by atoms with Crippen LogP contribution in [0.25, 0.3) is 23.2 Å². The van der Waals surface area contributed by atoms with Crippen molar-refractivity contribution in [2.75, 3.05) is 17.2 Å². The van der Waals surface area contributed by atoms with Crippen molar-refractivity contribution in [3.8, 4) is 22.8 Å². The number of thiocarbonyl (C=S) groups is 1. The summed E-state index contributed by atoms with van der Waals surface area (Å²) in [6, 6.07) is 19.0. The number of carbonyl (C=O) groups is 1. The van der Waals surface area contributed by atoms with Gasteiger partial charge in [0.1, 0.15) is 12.1 Å². The van der Waals surface area contributed by atoms with Crippen LogP contribution in [-0.2, 0) is 4.79 Å². The minimum atomic E-state index is -4.75. The molecule has 1 aromatic heterocycles. The van der Waals surface area contributed by atoms with E-state index in [1.807, 2.05) is 49.4 Å². The highest BCUT2D eigenvalue weighted by atomic mass is 79.9. The lowest BCUT2D eigenvalue weighted by Gasteiger charge is -2.22. The lowest BCUT2D eigenvalue weighted by molar-refractivity contribution is -0.274. The van der Waals surface area contributed by atoms with Crippen LogP contribution in [0.1, 0.15) is 36.5 Å². The number of nitrogens with one attached hydrogen (secondary N) is 1. The molecule has 0 radical (unpaired) electrons. The van der Waals surface area contributed by atoms with Gasteiger partial charge in [-0.3, -0.25) is 9.69 Å². The SMILES string of the molecule is Cc1ccc(C(C)C)c(N2C(=O)CS/C2=N\C(=S)NC/C(Br)=C\c2ccc(-c3ncn(-c4ccc(OC(F)(F)F)cc4)n3)cc2)c1. The number of carbonyl (C=O) groups excluding carboxylic acids is 1. The molecule has 0 atom stereocenters. The Morgan fingerprint density at radius 1 is 1.15 bits per heavy atom. The topological polar surface area (TPSA) is 84.6 Å². The Balaban J connectivity index is 1.20. The van der Waals surface area contributed by atoms with E-state index in [9.17, 15) is 18.0 Å². The summed E-state index contributed by atoms with van der Waals surface area (Å²) in [5.74, 6) is 0.654. The van der Waals surface area contributed by atoms with Crippen LogP contribution in [0.5, 0.6) is 5.75 Å². The van der Waals surface area contributed by atoms with Crippen LogP contribution < -0.4 is 15.0 Å². The number of anilines is 1. The number of amidine groups is 1. The number of aryl methyl sites for hydroxylation is 1. The van der Waals surface area contributed by atoms with Gasteiger partial charge in [0.2, 0.25) is 5.91 Å². The Morgan fingerprint density at radius 3 is 2.54 bits per heavy atom. The highest BCUT2D eigenvalue weighted by Crippen LogP contribution is 2.34. The molecule has 1 N–H and O–H groups in total. The second kappa shape index (κ2) is 14.2. The molecule has 1 fully saturated rings. The maximum Gasteiger partial charge on any atom is 0.573 e. The zero-order valence-electron chi connectivity index (χ0n) is 24.9. The number of aliphatic imine (C=N–C) groups is 1. The molecule has 0 spiro atoms. The lowest BCUT2D eigenvalue weighted by atomic mass is 9.99. The number of benzene rings is 3. The number of thioether (sulfide) groups is 1. The van der Waals surface area contributed by atoms with Crippen LogP contribution in [0.15, 0.2) is 82.5 Å². The maximum atomic E-state index is 12.9. The smallest absolute Gasteiger partial charge is 0.406 e. The normalized spacial score (nSPS) is 14.8. The molecule has 0 saturated carbocycles. The van der Waals surface area contributed by atoms with Crippen LogP contribution in [0.3, 0.4) is 0 Å². The number of aromatic nitrogens is 3. The number of amides is 1. The molecule has 1 aliphatic rings. The molecular weight excluding hydrogens is 701 g/mol. The molecule has 0 unspecified atom stereocenters. The van der Waals surface area contributed by atoms with Gasteiger partial charge in [0.25, 0.3) is 0 Å². The third-order valence-electron chi connectivity index (χ3n) is 6.74. The number of hydrogen-bond acceptors (Lipinski definition) is 6. The molecule has 2 heterocycles. The van der Waals surface area contributed by atoms with Crippen molar-refractivity contribution in [2.24, 2.45) is 4.99 Å². The fourth-order valence-corrected chi connectivity index (χ4v) is 6.07. The maximum absolute atomic E-state index is 12.9. The molecule has 1 aliphatic heterocycles. The van der Waals surface area contributed by atoms with Gasteiger partial charge in [0.05, 0.1) is 17.1 Å². The monoisotopic (exact) mass is 728 g/mol. The summed E-state index contributed by atoms with van der Waals surface area (Å²) in [7, 11) is 0. The van der Waals surface area contributed by atoms with Crippen LogP contribution in [0, 0.1) is 6.92 Å². The van der Waals surface area contributed by atoms with Gasteiger partial charge in [0.15, 0.2) is 16.1 Å². The molecule has 8 nitrogen and oxygen atoms in total. The molecule has 3 aromatic carbocycles. The van der Waals surface area contributed by atoms with E-state index < -0.39 is 6.36 Å². The highest BCUT2D eigenvalue weighted by Gasteiger charge is 2.32. The second-order valence-electron chi connectivity index (χ2n) is 10.6. The van der Waals surface area contributed by atoms with E-state index in [1.54, 1.807) is 4.90 Å². The van der Waals surface area contributed by atoms with Gasteiger partial charge in [-0.15, -0.1) is 18.3 Å². The second-order valence-corrected chi connectivity index (χ2v) is 12.9. The molecule has 0 bridgehead atoms. The fourth-order valence-electron chi connectivity index (χ4n) is 4.58. The number of halogens is 4. The van der Waals surface area contributed by atoms with Gasteiger partial charge in [-0.1, -0.05) is 77.9 Å². The first kappa shape index (κ1) is 33.4. The first-order valence-electron chi connectivity index (χ1n) is 14.0. The zero-order valence-corrected chi connectivity index (χ0v) is 28.1. The summed E-state index contributed by atoms with van der Waals surface area (Å²) in [4.78, 5) is 23.4. The van der Waals surface area contributed by atoms with E-state index in [0.29, 0.717) is 29.0 Å². The molecule has 0 aliphatic carbocycles. The molecule has 1 amide bonds. The van der Waals surface area contributed by atoms with Gasteiger partial charge in [-0.05, 0) is 78.2 Å². The predicted molar refractivity (Wildman–Crippen MR) is 184 cm³/mol. The molecule has 238 valence electrons. The van der Waals surface area contributed by atoms with Crippen molar-refractivity contribution in [2.45, 2.75) is 33.1 Å². The average Bonchev–Trinajstić information content (AvgIpc) is 3.63. The molecule has 14 heteroatoms. The number of rotatable bonds is 8. The minimum Gasteiger partial charge on any atom is -0.406 e. The Labute approximate surface area is 281 Å². The molecular formula is C32H28BrF3N6O2S2. The largest absolute Gasteiger partial charge is 0.573 e. The molecule has 5 rings (SSSR count). The van der Waals surface area contributed by atoms with E-state index in [0.717, 1.165) is 32.4 Å². The van der Waals surface area contributed by atoms with Gasteiger partial charge in [-0.2, -0.15) is 4.99 Å². The first-order chi connectivity index (χ1) is 21.9. The van der Waals surface area contributed by atoms with Gasteiger partial charge >= 0.3 is 6.36 Å². The van der Waals surface area contributed by atoms with Crippen molar-refractivity contribution >= 4 is 67.9 Å². The van der Waals surface area contributed by atoms with Crippen molar-refractivity contribution in [3.05, 3.63) is 94.2 Å². The minimum absolute atomic E-state index is 0.0286. The van der Waals surface area contributed by atoms with Crippen LogP contribution >= 0.6 is 39.9 Å². The summed E-state index contributed by atoms with van der Waals surface area (Å²) < 4.78 is 43.5. The Kier molecular flexibility index (Phi) is 10.3. The number of ether oxygens (including phenoxy) is 1.